The molecule has 3 amide bonds. The molecule has 0 aliphatic heterocycles. The Bertz CT molecular complexity index is 913. The van der Waals surface area contributed by atoms with Gasteiger partial charge in [0.05, 0.1) is 6.54 Å². The van der Waals surface area contributed by atoms with E-state index in [9.17, 15) is 18.8 Å². The van der Waals surface area contributed by atoms with Gasteiger partial charge in [-0.1, -0.05) is 31.5 Å². The van der Waals surface area contributed by atoms with E-state index in [4.69, 9.17) is 0 Å². The summed E-state index contributed by atoms with van der Waals surface area (Å²) in [6.07, 6.45) is 0. The van der Waals surface area contributed by atoms with E-state index in [0.29, 0.717) is 0 Å². The van der Waals surface area contributed by atoms with E-state index in [2.05, 4.69) is 21.5 Å². The molecule has 0 heterocycles. The molecule has 0 saturated carbocycles. The Balaban J connectivity index is 1.87. The molecule has 0 fully saturated rings. The van der Waals surface area contributed by atoms with Gasteiger partial charge in [-0.3, -0.25) is 25.2 Å². The van der Waals surface area contributed by atoms with Crippen LogP contribution in [0.3, 0.4) is 0 Å². The van der Waals surface area contributed by atoms with E-state index in [-0.39, 0.29) is 18.0 Å². The van der Waals surface area contributed by atoms with E-state index >= 15 is 0 Å². The Morgan fingerprint density at radius 2 is 1.63 bits per heavy atom. The summed E-state index contributed by atoms with van der Waals surface area (Å²) in [5.41, 5.74) is 7.87. The topological polar surface area (TPSA) is 99.3 Å². The van der Waals surface area contributed by atoms with Crippen molar-refractivity contribution >= 4 is 23.4 Å². The summed E-state index contributed by atoms with van der Waals surface area (Å²) in [5.74, 6) is -2.19. The monoisotopic (exact) mass is 414 g/mol. The fraction of sp³-hybridized carbons (Fsp3) is 0.318. The number of hydrogen-bond acceptors (Lipinski definition) is 4. The van der Waals surface area contributed by atoms with Crippen molar-refractivity contribution in [2.75, 3.05) is 11.9 Å². The molecular weight excluding hydrogens is 387 g/mol. The quantitative estimate of drug-likeness (QED) is 0.523. The minimum atomic E-state index is -0.879. The molecule has 2 aromatic carbocycles. The van der Waals surface area contributed by atoms with Crippen molar-refractivity contribution in [2.45, 2.75) is 33.7 Å². The van der Waals surface area contributed by atoms with E-state index in [1.807, 2.05) is 32.0 Å². The zero-order valence-corrected chi connectivity index (χ0v) is 17.5. The first-order valence-electron chi connectivity index (χ1n) is 9.63. The summed E-state index contributed by atoms with van der Waals surface area (Å²) >= 11 is 0. The van der Waals surface area contributed by atoms with Crippen LogP contribution in [0.15, 0.2) is 42.5 Å². The van der Waals surface area contributed by atoms with Gasteiger partial charge in [0.15, 0.2) is 0 Å². The van der Waals surface area contributed by atoms with Gasteiger partial charge in [-0.15, -0.1) is 0 Å². The summed E-state index contributed by atoms with van der Waals surface area (Å²) in [6.45, 7) is 7.42. The van der Waals surface area contributed by atoms with Crippen LogP contribution in [0.4, 0.5) is 10.1 Å². The summed E-state index contributed by atoms with van der Waals surface area (Å²) in [5, 5.41) is 5.62. The number of carbonyl (C=O) groups is 3. The molecule has 8 heteroatoms. The Hall–Kier alpha value is -3.42. The fourth-order valence-electron chi connectivity index (χ4n) is 2.80. The molecule has 0 aliphatic rings. The van der Waals surface area contributed by atoms with Gasteiger partial charge >= 0.3 is 0 Å². The molecule has 0 spiro atoms. The van der Waals surface area contributed by atoms with E-state index in [1.165, 1.54) is 24.3 Å². The van der Waals surface area contributed by atoms with Crippen molar-refractivity contribution in [3.05, 3.63) is 65.0 Å². The van der Waals surface area contributed by atoms with Crippen LogP contribution in [0.5, 0.6) is 0 Å². The zero-order valence-electron chi connectivity index (χ0n) is 17.5. The Morgan fingerprint density at radius 3 is 2.23 bits per heavy atom. The standard InChI is InChI=1S/C22H27FN4O3/c1-13(2)20(25-21(29)16-6-8-17(23)9-7-16)22(30)27-26-19(28)12-24-18-10-5-14(3)11-15(18)4/h5-11,13,20,24H,12H2,1-4H3,(H,25,29)(H,26,28)(H,27,30). The number of nitrogens with one attached hydrogen (secondary N) is 4. The molecule has 0 bridgehead atoms. The highest BCUT2D eigenvalue weighted by Crippen LogP contribution is 2.15. The van der Waals surface area contributed by atoms with Gasteiger partial charge in [0, 0.05) is 11.3 Å². The van der Waals surface area contributed by atoms with Crippen LogP contribution < -0.4 is 21.5 Å². The number of aryl methyl sites for hydroxylation is 2. The van der Waals surface area contributed by atoms with Crippen molar-refractivity contribution in [3.8, 4) is 0 Å². The van der Waals surface area contributed by atoms with Gasteiger partial charge in [-0.05, 0) is 55.7 Å². The minimum Gasteiger partial charge on any atom is -0.376 e. The predicted molar refractivity (Wildman–Crippen MR) is 113 cm³/mol. The molecule has 0 aliphatic carbocycles. The maximum absolute atomic E-state index is 13.0. The molecule has 160 valence electrons. The molecule has 0 radical (unpaired) electrons. The molecule has 2 rings (SSSR count). The van der Waals surface area contributed by atoms with Crippen LogP contribution in [0.1, 0.15) is 35.3 Å². The van der Waals surface area contributed by atoms with Gasteiger partial charge in [0.2, 0.25) is 0 Å². The number of hydrazine groups is 1. The smallest absolute Gasteiger partial charge is 0.261 e. The third-order valence-corrected chi connectivity index (χ3v) is 4.49. The van der Waals surface area contributed by atoms with E-state index < -0.39 is 29.6 Å². The van der Waals surface area contributed by atoms with Crippen LogP contribution in [0, 0.1) is 25.6 Å². The summed E-state index contributed by atoms with van der Waals surface area (Å²) in [7, 11) is 0. The second kappa shape index (κ2) is 10.4. The molecule has 30 heavy (non-hydrogen) atoms. The van der Waals surface area contributed by atoms with Crippen molar-refractivity contribution < 1.29 is 18.8 Å². The Morgan fingerprint density at radius 1 is 0.967 bits per heavy atom. The lowest BCUT2D eigenvalue weighted by molar-refractivity contribution is -0.129. The average Bonchev–Trinajstić information content (AvgIpc) is 2.69. The number of benzene rings is 2. The highest BCUT2D eigenvalue weighted by molar-refractivity contribution is 5.98. The molecule has 1 atom stereocenters. The number of hydrogen-bond donors (Lipinski definition) is 4. The highest BCUT2D eigenvalue weighted by atomic mass is 19.1. The average molecular weight is 414 g/mol. The van der Waals surface area contributed by atoms with Crippen molar-refractivity contribution in [3.63, 3.8) is 0 Å². The Kier molecular flexibility index (Phi) is 7.91. The number of amides is 3. The molecule has 1 unspecified atom stereocenters. The SMILES string of the molecule is Cc1ccc(NCC(=O)NNC(=O)C(NC(=O)c2ccc(F)cc2)C(C)C)c(C)c1. The van der Waals surface area contributed by atoms with Gasteiger partial charge in [0.25, 0.3) is 17.7 Å². The molecule has 0 aromatic heterocycles. The minimum absolute atomic E-state index is 0.0293. The van der Waals surface area contributed by atoms with Gasteiger partial charge in [-0.25, -0.2) is 4.39 Å². The van der Waals surface area contributed by atoms with E-state index in [1.54, 1.807) is 13.8 Å². The van der Waals surface area contributed by atoms with Crippen LogP contribution >= 0.6 is 0 Å². The second-order valence-corrected chi connectivity index (χ2v) is 7.41. The zero-order chi connectivity index (χ0) is 22.3. The maximum Gasteiger partial charge on any atom is 0.261 e. The van der Waals surface area contributed by atoms with Crippen molar-refractivity contribution in [2.24, 2.45) is 5.92 Å². The summed E-state index contributed by atoms with van der Waals surface area (Å²) < 4.78 is 13.0. The van der Waals surface area contributed by atoms with E-state index in [0.717, 1.165) is 16.8 Å². The summed E-state index contributed by atoms with van der Waals surface area (Å²) in [4.78, 5) is 36.8. The first kappa shape index (κ1) is 22.9. The lowest BCUT2D eigenvalue weighted by Crippen LogP contribution is -2.55. The number of carbonyl (C=O) groups excluding carboxylic acids is 3. The molecule has 2 aromatic rings. The molecule has 7 nitrogen and oxygen atoms in total. The number of anilines is 1. The lowest BCUT2D eigenvalue weighted by Gasteiger charge is -2.22. The molecule has 0 saturated heterocycles. The van der Waals surface area contributed by atoms with Crippen LogP contribution in [0.25, 0.3) is 0 Å². The largest absolute Gasteiger partial charge is 0.376 e. The van der Waals surface area contributed by atoms with Crippen LogP contribution in [0.2, 0.25) is 0 Å². The Labute approximate surface area is 175 Å². The fourth-order valence-corrected chi connectivity index (χ4v) is 2.80. The first-order valence-corrected chi connectivity index (χ1v) is 9.63. The van der Waals surface area contributed by atoms with Gasteiger partial charge < -0.3 is 10.6 Å². The van der Waals surface area contributed by atoms with Crippen molar-refractivity contribution in [1.29, 1.82) is 0 Å². The number of rotatable bonds is 7. The normalized spacial score (nSPS) is 11.5. The molecule has 4 N–H and O–H groups in total. The highest BCUT2D eigenvalue weighted by Gasteiger charge is 2.25. The summed E-state index contributed by atoms with van der Waals surface area (Å²) in [6, 6.07) is 9.95. The maximum atomic E-state index is 13.0. The van der Waals surface area contributed by atoms with Gasteiger partial charge in [-0.2, -0.15) is 0 Å². The van der Waals surface area contributed by atoms with Crippen molar-refractivity contribution in [1.82, 2.24) is 16.2 Å². The molecular formula is C22H27FN4O3. The van der Waals surface area contributed by atoms with Crippen LogP contribution in [-0.4, -0.2) is 30.3 Å². The van der Waals surface area contributed by atoms with Gasteiger partial charge in [0.1, 0.15) is 11.9 Å². The third kappa shape index (κ3) is 6.58. The third-order valence-electron chi connectivity index (χ3n) is 4.49. The first-order chi connectivity index (χ1) is 14.2. The van der Waals surface area contributed by atoms with Crippen LogP contribution in [-0.2, 0) is 9.59 Å². The number of halogens is 1. The predicted octanol–water partition coefficient (Wildman–Crippen LogP) is 2.46. The second-order valence-electron chi connectivity index (χ2n) is 7.41. The lowest BCUT2D eigenvalue weighted by atomic mass is 10.0.